The number of rotatable bonds is 4. The van der Waals surface area contributed by atoms with E-state index in [-0.39, 0.29) is 22.6 Å². The van der Waals surface area contributed by atoms with Crippen molar-refractivity contribution in [3.63, 3.8) is 0 Å². The molecule has 0 bridgehead atoms. The average molecular weight is 539 g/mol. The summed E-state index contributed by atoms with van der Waals surface area (Å²) in [6, 6.07) is 30.0. The quantitative estimate of drug-likeness (QED) is 0.265. The lowest BCUT2D eigenvalue weighted by molar-refractivity contribution is -0.115. The second kappa shape index (κ2) is 9.71. The maximum atomic E-state index is 12.9. The minimum absolute atomic E-state index is 0.0776. The molecule has 2 heterocycles. The van der Waals surface area contributed by atoms with E-state index in [0.29, 0.717) is 16.3 Å². The molecule has 1 aliphatic heterocycles. The summed E-state index contributed by atoms with van der Waals surface area (Å²) in [7, 11) is 0. The predicted molar refractivity (Wildman–Crippen MR) is 156 cm³/mol. The van der Waals surface area contributed by atoms with E-state index in [1.165, 1.54) is 0 Å². The Balaban J connectivity index is 1.30. The zero-order valence-corrected chi connectivity index (χ0v) is 22.0. The number of aromatic nitrogens is 1. The molecule has 0 saturated carbocycles. The van der Waals surface area contributed by atoms with Gasteiger partial charge in [-0.3, -0.25) is 19.1 Å². The largest absolute Gasteiger partial charge is 0.508 e. The molecule has 5 nitrogen and oxygen atoms in total. The molecule has 1 saturated heterocycles. The minimum atomic E-state index is -0.152. The molecule has 188 valence electrons. The lowest BCUT2D eigenvalue weighted by Gasteiger charge is -2.24. The molecule has 0 aliphatic carbocycles. The van der Waals surface area contributed by atoms with Gasteiger partial charge in [0.25, 0.3) is 5.56 Å². The SMILES string of the molecule is Cc1cc(=O)n(-c2ccc(-c3ccc(N4C(=O)CSC4c4ccc(Cl)cc4)cc3)cc2)c2cc(O)ccc12. The molecule has 0 spiro atoms. The molecule has 1 N–H and O–H groups in total. The number of hydrogen-bond donors (Lipinski definition) is 1. The van der Waals surface area contributed by atoms with Crippen LogP contribution in [0.4, 0.5) is 5.69 Å². The van der Waals surface area contributed by atoms with E-state index in [1.54, 1.807) is 34.5 Å². The number of amides is 1. The third-order valence-corrected chi connectivity index (χ3v) is 8.30. The van der Waals surface area contributed by atoms with Gasteiger partial charge < -0.3 is 5.11 Å². The number of phenols is 1. The molecule has 0 radical (unpaired) electrons. The number of pyridine rings is 1. The summed E-state index contributed by atoms with van der Waals surface area (Å²) < 4.78 is 1.61. The fourth-order valence-corrected chi connectivity index (χ4v) is 6.25. The van der Waals surface area contributed by atoms with Crippen molar-refractivity contribution in [2.75, 3.05) is 10.7 Å². The molecule has 7 heteroatoms. The van der Waals surface area contributed by atoms with Crippen LogP contribution in [0.2, 0.25) is 5.02 Å². The number of nitrogens with zero attached hydrogens (tertiary/aromatic N) is 2. The highest BCUT2D eigenvalue weighted by atomic mass is 35.5. The van der Waals surface area contributed by atoms with Crippen LogP contribution in [-0.4, -0.2) is 21.3 Å². The van der Waals surface area contributed by atoms with Gasteiger partial charge in [0.1, 0.15) is 11.1 Å². The van der Waals surface area contributed by atoms with Crippen molar-refractivity contribution in [2.24, 2.45) is 0 Å². The first-order chi connectivity index (χ1) is 18.4. The van der Waals surface area contributed by atoms with E-state index < -0.39 is 0 Å². The third kappa shape index (κ3) is 4.36. The Morgan fingerprint density at radius 3 is 2.11 bits per heavy atom. The van der Waals surface area contributed by atoms with Crippen molar-refractivity contribution >= 4 is 45.9 Å². The number of halogens is 1. The van der Waals surface area contributed by atoms with E-state index in [0.717, 1.165) is 39.0 Å². The average Bonchev–Trinajstić information content (AvgIpc) is 3.30. The van der Waals surface area contributed by atoms with E-state index in [9.17, 15) is 14.7 Å². The van der Waals surface area contributed by atoms with Crippen LogP contribution in [0.15, 0.2) is 102 Å². The molecule has 38 heavy (non-hydrogen) atoms. The number of carbonyl (C=O) groups excluding carboxylic acids is 1. The number of aryl methyl sites for hydroxylation is 1. The molecule has 1 unspecified atom stereocenters. The number of carbonyl (C=O) groups is 1. The second-order valence-corrected chi connectivity index (χ2v) is 10.8. The summed E-state index contributed by atoms with van der Waals surface area (Å²) in [4.78, 5) is 27.5. The summed E-state index contributed by atoms with van der Waals surface area (Å²) in [6.07, 6.45) is 0. The summed E-state index contributed by atoms with van der Waals surface area (Å²) in [6.45, 7) is 1.89. The smallest absolute Gasteiger partial charge is 0.255 e. The Kier molecular flexibility index (Phi) is 6.22. The zero-order chi connectivity index (χ0) is 26.4. The topological polar surface area (TPSA) is 62.5 Å². The maximum absolute atomic E-state index is 12.9. The van der Waals surface area contributed by atoms with Crippen LogP contribution in [0.25, 0.3) is 27.7 Å². The summed E-state index contributed by atoms with van der Waals surface area (Å²) in [5.74, 6) is 0.622. The number of aromatic hydroxyl groups is 1. The molecule has 5 aromatic rings. The van der Waals surface area contributed by atoms with Gasteiger partial charge in [-0.25, -0.2) is 0 Å². The lowest BCUT2D eigenvalue weighted by atomic mass is 10.0. The predicted octanol–water partition coefficient (Wildman–Crippen LogP) is 7.10. The van der Waals surface area contributed by atoms with E-state index >= 15 is 0 Å². The van der Waals surface area contributed by atoms with Gasteiger partial charge in [0, 0.05) is 33.9 Å². The van der Waals surface area contributed by atoms with Crippen molar-refractivity contribution in [2.45, 2.75) is 12.3 Å². The second-order valence-electron chi connectivity index (χ2n) is 9.27. The van der Waals surface area contributed by atoms with Crippen molar-refractivity contribution in [3.8, 4) is 22.6 Å². The van der Waals surface area contributed by atoms with Crippen LogP contribution in [-0.2, 0) is 4.79 Å². The van der Waals surface area contributed by atoms with E-state index in [2.05, 4.69) is 0 Å². The Hall–Kier alpha value is -4.00. The van der Waals surface area contributed by atoms with Gasteiger partial charge in [-0.1, -0.05) is 48.0 Å². The molecule has 1 aromatic heterocycles. The first-order valence-corrected chi connectivity index (χ1v) is 13.6. The summed E-state index contributed by atoms with van der Waals surface area (Å²) in [5.41, 5.74) is 5.97. The van der Waals surface area contributed by atoms with Gasteiger partial charge >= 0.3 is 0 Å². The van der Waals surface area contributed by atoms with Crippen LogP contribution >= 0.6 is 23.4 Å². The Labute approximate surface area is 228 Å². The fraction of sp³-hybridized carbons (Fsp3) is 0.0968. The number of phenolic OH excluding ortho intramolecular Hbond substituents is 1. The van der Waals surface area contributed by atoms with Gasteiger partial charge in [0.2, 0.25) is 5.91 Å². The number of hydrogen-bond acceptors (Lipinski definition) is 4. The van der Waals surface area contributed by atoms with Gasteiger partial charge in [-0.2, -0.15) is 0 Å². The van der Waals surface area contributed by atoms with Crippen LogP contribution in [0.5, 0.6) is 5.75 Å². The van der Waals surface area contributed by atoms with E-state index in [4.69, 9.17) is 11.6 Å². The monoisotopic (exact) mass is 538 g/mol. The highest BCUT2D eigenvalue weighted by Gasteiger charge is 2.34. The molecule has 1 aliphatic rings. The Morgan fingerprint density at radius 1 is 0.816 bits per heavy atom. The first-order valence-electron chi connectivity index (χ1n) is 12.1. The van der Waals surface area contributed by atoms with Crippen LogP contribution in [0, 0.1) is 6.92 Å². The van der Waals surface area contributed by atoms with Gasteiger partial charge in [0.05, 0.1) is 11.3 Å². The van der Waals surface area contributed by atoms with Gasteiger partial charge in [0.15, 0.2) is 0 Å². The molecular weight excluding hydrogens is 516 g/mol. The lowest BCUT2D eigenvalue weighted by Crippen LogP contribution is -2.27. The molecule has 1 amide bonds. The van der Waals surface area contributed by atoms with Crippen LogP contribution in [0.1, 0.15) is 16.5 Å². The summed E-state index contributed by atoms with van der Waals surface area (Å²) >= 11 is 7.66. The van der Waals surface area contributed by atoms with Crippen LogP contribution < -0.4 is 10.5 Å². The zero-order valence-electron chi connectivity index (χ0n) is 20.5. The molecular formula is C31H23ClN2O3S. The summed E-state index contributed by atoms with van der Waals surface area (Å²) in [5, 5.41) is 11.5. The van der Waals surface area contributed by atoms with Crippen molar-refractivity contribution in [1.82, 2.24) is 4.57 Å². The molecule has 1 fully saturated rings. The third-order valence-electron chi connectivity index (χ3n) is 6.83. The fourth-order valence-electron chi connectivity index (χ4n) is 4.95. The van der Waals surface area contributed by atoms with Crippen LogP contribution in [0.3, 0.4) is 0 Å². The van der Waals surface area contributed by atoms with Crippen molar-refractivity contribution in [3.05, 3.63) is 124 Å². The molecule has 1 atom stereocenters. The standard InChI is InChI=1S/C31H23ClN2O3S/c1-19-16-29(36)33(28-17-26(35)14-15-27(19)28)24-10-4-20(5-11-24)21-6-12-25(13-7-21)34-30(37)18-38-31(34)22-2-8-23(32)9-3-22/h2-17,31,35H,18H2,1H3. The molecule has 4 aromatic carbocycles. The highest BCUT2D eigenvalue weighted by Crippen LogP contribution is 2.42. The maximum Gasteiger partial charge on any atom is 0.255 e. The minimum Gasteiger partial charge on any atom is -0.508 e. The molecule has 6 rings (SSSR count). The first kappa shape index (κ1) is 24.3. The number of fused-ring (bicyclic) bond motifs is 1. The number of thioether (sulfide) groups is 1. The van der Waals surface area contributed by atoms with Crippen molar-refractivity contribution in [1.29, 1.82) is 0 Å². The van der Waals surface area contributed by atoms with Gasteiger partial charge in [-0.05, 0) is 77.7 Å². The van der Waals surface area contributed by atoms with Crippen molar-refractivity contribution < 1.29 is 9.90 Å². The highest BCUT2D eigenvalue weighted by molar-refractivity contribution is 8.00. The van der Waals surface area contributed by atoms with Gasteiger partial charge in [-0.15, -0.1) is 11.8 Å². The Bertz CT molecular complexity index is 1730. The normalized spacial score (nSPS) is 15.4. The Morgan fingerprint density at radius 2 is 1.45 bits per heavy atom. The number of benzene rings is 4. The van der Waals surface area contributed by atoms with E-state index in [1.807, 2.05) is 90.7 Å². The number of anilines is 1.